The van der Waals surface area contributed by atoms with Crippen molar-refractivity contribution in [3.63, 3.8) is 0 Å². The zero-order chi connectivity index (χ0) is 39.8. The molecule has 294 valence electrons. The molecule has 1 unspecified atom stereocenters. The van der Waals surface area contributed by atoms with Gasteiger partial charge in [0.1, 0.15) is 24.2 Å². The van der Waals surface area contributed by atoms with Crippen molar-refractivity contribution in [1.82, 2.24) is 20.9 Å². The third-order valence-corrected chi connectivity index (χ3v) is 9.63. The van der Waals surface area contributed by atoms with Gasteiger partial charge in [-0.2, -0.15) is 0 Å². The summed E-state index contributed by atoms with van der Waals surface area (Å²) >= 11 is 0. The Morgan fingerprint density at radius 2 is 1.57 bits per heavy atom. The van der Waals surface area contributed by atoms with Gasteiger partial charge < -0.3 is 42.3 Å². The lowest BCUT2D eigenvalue weighted by Crippen LogP contribution is -2.59. The van der Waals surface area contributed by atoms with E-state index < -0.39 is 60.2 Å². The third-order valence-electron chi connectivity index (χ3n) is 9.63. The van der Waals surface area contributed by atoms with Crippen molar-refractivity contribution in [1.29, 1.82) is 0 Å². The molecule has 0 saturated carbocycles. The highest BCUT2D eigenvalue weighted by molar-refractivity contribution is 6.00. The predicted octanol–water partition coefficient (Wildman–Crippen LogP) is 3.60. The Bertz CT molecular complexity index is 1630. The molecule has 54 heavy (non-hydrogen) atoms. The normalized spacial score (nSPS) is 15.9. The molecule has 0 radical (unpaired) electrons. The molecule has 2 aromatic carbocycles. The molecule has 15 nitrogen and oxygen atoms in total. The van der Waals surface area contributed by atoms with Gasteiger partial charge in [0.15, 0.2) is 0 Å². The predicted molar refractivity (Wildman–Crippen MR) is 204 cm³/mol. The molecule has 1 heterocycles. The first-order chi connectivity index (χ1) is 25.7. The number of nitrogens with zero attached hydrogens (tertiary/aromatic N) is 1. The number of carboxylic acid groups (broad SMARTS) is 1. The number of nitrogens with two attached hydrogens (primary N) is 1. The summed E-state index contributed by atoms with van der Waals surface area (Å²) in [6.07, 6.45) is 3.42. The number of likely N-dealkylation sites (tertiary alicyclic amines) is 1. The molecular weight excluding hydrogens is 694 g/mol. The van der Waals surface area contributed by atoms with Crippen LogP contribution < -0.4 is 32.3 Å². The lowest BCUT2D eigenvalue weighted by atomic mass is 9.96. The summed E-state index contributed by atoms with van der Waals surface area (Å²) < 4.78 is 0. The number of unbranched alkanes of at least 4 members (excludes halogenated alkanes) is 1. The zero-order valence-corrected chi connectivity index (χ0v) is 31.6. The van der Waals surface area contributed by atoms with Crippen molar-refractivity contribution in [3.05, 3.63) is 59.7 Å². The van der Waals surface area contributed by atoms with Crippen LogP contribution in [0.2, 0.25) is 0 Å². The monoisotopic (exact) mass is 749 g/mol. The van der Waals surface area contributed by atoms with E-state index in [-0.39, 0.29) is 30.7 Å². The van der Waals surface area contributed by atoms with Crippen molar-refractivity contribution in [2.75, 3.05) is 17.2 Å². The summed E-state index contributed by atoms with van der Waals surface area (Å²) in [6.45, 7) is 7.70. The van der Waals surface area contributed by atoms with Crippen LogP contribution >= 0.6 is 0 Å². The number of hydrogen-bond donors (Lipinski definition) is 7. The molecule has 1 fully saturated rings. The van der Waals surface area contributed by atoms with Crippen LogP contribution in [-0.4, -0.2) is 82.3 Å². The Morgan fingerprint density at radius 1 is 0.889 bits per heavy atom. The Hall–Kier alpha value is -5.47. The van der Waals surface area contributed by atoms with Crippen LogP contribution in [0.3, 0.4) is 0 Å². The molecular formula is C39H55N7O8. The van der Waals surface area contributed by atoms with Gasteiger partial charge in [0.2, 0.25) is 29.5 Å². The zero-order valence-electron chi connectivity index (χ0n) is 31.6. The maximum absolute atomic E-state index is 13.5. The molecule has 1 aliphatic heterocycles. The molecule has 0 aliphatic carbocycles. The maximum atomic E-state index is 13.5. The summed E-state index contributed by atoms with van der Waals surface area (Å²) in [4.78, 5) is 91.0. The molecule has 2 aromatic rings. The van der Waals surface area contributed by atoms with Crippen molar-refractivity contribution in [2.45, 2.75) is 116 Å². The van der Waals surface area contributed by atoms with Crippen molar-refractivity contribution < 1.29 is 38.7 Å². The van der Waals surface area contributed by atoms with Crippen molar-refractivity contribution >= 4 is 52.9 Å². The largest absolute Gasteiger partial charge is 0.481 e. The van der Waals surface area contributed by atoms with Crippen molar-refractivity contribution in [3.8, 4) is 0 Å². The van der Waals surface area contributed by atoms with Crippen LogP contribution in [0.15, 0.2) is 48.5 Å². The highest BCUT2D eigenvalue weighted by Crippen LogP contribution is 2.21. The lowest BCUT2D eigenvalue weighted by Gasteiger charge is -2.32. The topological polar surface area (TPSA) is 229 Å². The second kappa shape index (κ2) is 21.3. The number of aliphatic carboxylic acids is 1. The first-order valence-corrected chi connectivity index (χ1v) is 18.7. The quantitative estimate of drug-likeness (QED) is 0.106. The fraction of sp³-hybridized carbons (Fsp3) is 0.513. The van der Waals surface area contributed by atoms with E-state index >= 15 is 0 Å². The number of carbonyl (C=O) groups is 7. The number of urea groups is 1. The smallest absolute Gasteiger partial charge is 0.323 e. The minimum absolute atomic E-state index is 0.106. The van der Waals surface area contributed by atoms with Gasteiger partial charge in [0.05, 0.1) is 6.42 Å². The molecule has 0 spiro atoms. The number of carboxylic acids is 1. The molecule has 0 aromatic heterocycles. The summed E-state index contributed by atoms with van der Waals surface area (Å²) in [7, 11) is 0. The Balaban J connectivity index is 1.58. The van der Waals surface area contributed by atoms with Gasteiger partial charge in [-0.3, -0.25) is 28.8 Å². The van der Waals surface area contributed by atoms with E-state index in [9.17, 15) is 38.7 Å². The maximum Gasteiger partial charge on any atom is 0.323 e. The van der Waals surface area contributed by atoms with Gasteiger partial charge >= 0.3 is 12.0 Å². The summed E-state index contributed by atoms with van der Waals surface area (Å²) in [6, 6.07) is 9.89. The minimum Gasteiger partial charge on any atom is -0.481 e. The minimum atomic E-state index is -1.54. The van der Waals surface area contributed by atoms with Gasteiger partial charge in [-0.1, -0.05) is 70.4 Å². The van der Waals surface area contributed by atoms with Gasteiger partial charge in [-0.25, -0.2) is 4.79 Å². The number of para-hydroxylation sites is 1. The van der Waals surface area contributed by atoms with E-state index in [4.69, 9.17) is 5.73 Å². The highest BCUT2D eigenvalue weighted by Gasteiger charge is 2.39. The number of aryl methyl sites for hydroxylation is 2. The summed E-state index contributed by atoms with van der Waals surface area (Å²) in [5.41, 5.74) is 8.71. The fourth-order valence-electron chi connectivity index (χ4n) is 6.25. The molecule has 7 amide bonds. The fourth-order valence-corrected chi connectivity index (χ4v) is 6.25. The van der Waals surface area contributed by atoms with Crippen LogP contribution in [0.25, 0.3) is 0 Å². The first kappa shape index (κ1) is 42.9. The van der Waals surface area contributed by atoms with E-state index in [0.29, 0.717) is 56.4 Å². The lowest BCUT2D eigenvalue weighted by molar-refractivity contribution is -0.144. The van der Waals surface area contributed by atoms with E-state index in [1.54, 1.807) is 19.1 Å². The Morgan fingerprint density at radius 3 is 2.20 bits per heavy atom. The molecule has 8 N–H and O–H groups in total. The van der Waals surface area contributed by atoms with Crippen LogP contribution in [0.1, 0.15) is 89.7 Å². The number of benzene rings is 2. The second-order valence-corrected chi connectivity index (χ2v) is 13.8. The summed E-state index contributed by atoms with van der Waals surface area (Å²) in [5.74, 6) is -4.83. The Kier molecular flexibility index (Phi) is 16.9. The van der Waals surface area contributed by atoms with Gasteiger partial charge in [0.25, 0.3) is 0 Å². The van der Waals surface area contributed by atoms with Gasteiger partial charge in [0, 0.05) is 24.3 Å². The number of hydrogen-bond acceptors (Lipinski definition) is 7. The third kappa shape index (κ3) is 13.2. The second-order valence-electron chi connectivity index (χ2n) is 13.8. The van der Waals surface area contributed by atoms with Crippen LogP contribution in [0.4, 0.5) is 16.2 Å². The number of carbonyl (C=O) groups excluding carboxylic acids is 6. The number of anilines is 2. The number of nitrogens with one attached hydrogen (secondary N) is 5. The molecule has 3 rings (SSSR count). The molecule has 1 aliphatic rings. The SMILES string of the molecule is CCCC[C@H](NC(=O)CCCc1ccc(NC(=O)Nc2ccccc2C)cc1)C(=O)N[C@@H](CC(=O)O)C(=O)N[C@H](C(=O)N1CCC[C@H]1C(N)=O)C(C)CC. The van der Waals surface area contributed by atoms with Crippen LogP contribution in [0.5, 0.6) is 0 Å². The molecule has 5 atom stereocenters. The summed E-state index contributed by atoms with van der Waals surface area (Å²) in [5, 5.41) is 23.1. The molecule has 1 saturated heterocycles. The molecule has 15 heteroatoms. The van der Waals surface area contributed by atoms with E-state index in [2.05, 4.69) is 26.6 Å². The van der Waals surface area contributed by atoms with E-state index in [0.717, 1.165) is 17.5 Å². The number of rotatable bonds is 20. The highest BCUT2D eigenvalue weighted by atomic mass is 16.4. The van der Waals surface area contributed by atoms with Gasteiger partial charge in [-0.05, 0) is 74.3 Å². The number of primary amides is 1. The van der Waals surface area contributed by atoms with E-state index in [1.165, 1.54) is 4.90 Å². The first-order valence-electron chi connectivity index (χ1n) is 18.7. The van der Waals surface area contributed by atoms with Crippen LogP contribution in [0, 0.1) is 12.8 Å². The Labute approximate surface area is 316 Å². The van der Waals surface area contributed by atoms with Crippen molar-refractivity contribution in [2.24, 2.45) is 11.7 Å². The van der Waals surface area contributed by atoms with E-state index in [1.807, 2.05) is 57.2 Å². The van der Waals surface area contributed by atoms with Gasteiger partial charge in [-0.15, -0.1) is 0 Å². The van der Waals surface area contributed by atoms with Crippen LogP contribution in [-0.2, 0) is 35.2 Å². The average Bonchev–Trinajstić information content (AvgIpc) is 3.63. The standard InChI is InChI=1S/C39H55N7O8/c1-5-7-14-29(42-32(47)17-10-13-26-18-20-27(21-19-26)41-39(54)44-28-15-9-8-12-25(28)4)36(51)43-30(23-33(48)49)37(52)45-34(24(3)6-2)38(53)46-22-11-16-31(46)35(40)50/h8-9,12,15,18-21,24,29-31,34H,5-7,10-11,13-14,16-17,22-23H2,1-4H3,(H2,40,50)(H,42,47)(H,43,51)(H,45,52)(H,48,49)(H2,41,44,54)/t24?,29-,30-,31-,34-/m0/s1. The average molecular weight is 750 g/mol. The molecule has 0 bridgehead atoms. The number of amides is 7.